The van der Waals surface area contributed by atoms with E-state index in [9.17, 15) is 9.90 Å². The third kappa shape index (κ3) is 3.30. The van der Waals surface area contributed by atoms with Crippen LogP contribution in [-0.2, 0) is 0 Å². The number of anilines is 1. The molecule has 0 aliphatic heterocycles. The Bertz CT molecular complexity index is 467. The zero-order chi connectivity index (χ0) is 13.9. The van der Waals surface area contributed by atoms with Crippen molar-refractivity contribution in [3.63, 3.8) is 0 Å². The standard InChI is InChI=1S/C15H20BrNO2/c1-2-15(7-3-4-8-15)10-17-13-9-11(16)5-6-12(13)14(18)19/h5-6,9,17H,2-4,7-8,10H2,1H3,(H,18,19). The van der Waals surface area contributed by atoms with Crippen LogP contribution in [0.4, 0.5) is 5.69 Å². The van der Waals surface area contributed by atoms with E-state index in [-0.39, 0.29) is 0 Å². The molecule has 0 atom stereocenters. The average molecular weight is 326 g/mol. The maximum atomic E-state index is 11.2. The Hall–Kier alpha value is -1.03. The van der Waals surface area contributed by atoms with Crippen LogP contribution in [0.15, 0.2) is 22.7 Å². The molecule has 0 amide bonds. The van der Waals surface area contributed by atoms with E-state index in [0.29, 0.717) is 16.7 Å². The normalized spacial score (nSPS) is 17.4. The van der Waals surface area contributed by atoms with Crippen LogP contribution in [-0.4, -0.2) is 17.6 Å². The summed E-state index contributed by atoms with van der Waals surface area (Å²) in [5.41, 5.74) is 1.40. The first-order chi connectivity index (χ1) is 9.06. The van der Waals surface area contributed by atoms with E-state index in [2.05, 4.69) is 28.2 Å². The summed E-state index contributed by atoms with van der Waals surface area (Å²) < 4.78 is 0.900. The molecule has 104 valence electrons. The Kier molecular flexibility index (Phi) is 4.50. The molecule has 19 heavy (non-hydrogen) atoms. The first kappa shape index (κ1) is 14.4. The molecule has 1 fully saturated rings. The van der Waals surface area contributed by atoms with Crippen molar-refractivity contribution in [1.29, 1.82) is 0 Å². The summed E-state index contributed by atoms with van der Waals surface area (Å²) in [5, 5.41) is 12.6. The van der Waals surface area contributed by atoms with Crippen molar-refractivity contribution in [1.82, 2.24) is 0 Å². The lowest BCUT2D eigenvalue weighted by atomic mass is 9.83. The molecule has 3 nitrogen and oxygen atoms in total. The Morgan fingerprint density at radius 1 is 1.42 bits per heavy atom. The minimum absolute atomic E-state index is 0.340. The molecule has 0 bridgehead atoms. The smallest absolute Gasteiger partial charge is 0.337 e. The molecule has 2 rings (SSSR count). The van der Waals surface area contributed by atoms with E-state index >= 15 is 0 Å². The molecule has 0 aromatic heterocycles. The molecule has 0 unspecified atom stereocenters. The number of halogens is 1. The van der Waals surface area contributed by atoms with Gasteiger partial charge in [0, 0.05) is 16.7 Å². The van der Waals surface area contributed by atoms with Crippen LogP contribution >= 0.6 is 15.9 Å². The largest absolute Gasteiger partial charge is 0.478 e. The number of rotatable bonds is 5. The third-order valence-corrected chi connectivity index (χ3v) is 4.77. The van der Waals surface area contributed by atoms with Crippen molar-refractivity contribution in [2.75, 3.05) is 11.9 Å². The summed E-state index contributed by atoms with van der Waals surface area (Å²) in [4.78, 5) is 11.2. The third-order valence-electron chi connectivity index (χ3n) is 4.28. The van der Waals surface area contributed by atoms with Gasteiger partial charge in [0.15, 0.2) is 0 Å². The predicted octanol–water partition coefficient (Wildman–Crippen LogP) is 4.53. The van der Waals surface area contributed by atoms with Crippen molar-refractivity contribution in [2.24, 2.45) is 5.41 Å². The second kappa shape index (κ2) is 5.95. The summed E-state index contributed by atoms with van der Waals surface area (Å²) >= 11 is 3.40. The van der Waals surface area contributed by atoms with Gasteiger partial charge >= 0.3 is 5.97 Å². The molecular formula is C15H20BrNO2. The summed E-state index contributed by atoms with van der Waals surface area (Å²) in [7, 11) is 0. The van der Waals surface area contributed by atoms with E-state index in [4.69, 9.17) is 0 Å². The van der Waals surface area contributed by atoms with Gasteiger partial charge in [-0.2, -0.15) is 0 Å². The summed E-state index contributed by atoms with van der Waals surface area (Å²) in [6, 6.07) is 5.25. The van der Waals surface area contributed by atoms with Gasteiger partial charge in [0.2, 0.25) is 0 Å². The van der Waals surface area contributed by atoms with Gasteiger partial charge in [-0.25, -0.2) is 4.79 Å². The summed E-state index contributed by atoms with van der Waals surface area (Å²) in [6.45, 7) is 3.09. The van der Waals surface area contributed by atoms with Gasteiger partial charge in [-0.15, -0.1) is 0 Å². The number of hydrogen-bond acceptors (Lipinski definition) is 2. The Morgan fingerprint density at radius 2 is 2.11 bits per heavy atom. The Labute approximate surface area is 122 Å². The first-order valence-corrected chi connectivity index (χ1v) is 7.62. The number of carbonyl (C=O) groups is 1. The van der Waals surface area contributed by atoms with Crippen LogP contribution in [0.25, 0.3) is 0 Å². The second-order valence-electron chi connectivity index (χ2n) is 5.41. The number of hydrogen-bond donors (Lipinski definition) is 2. The van der Waals surface area contributed by atoms with Gasteiger partial charge in [-0.3, -0.25) is 0 Å². The van der Waals surface area contributed by atoms with E-state index in [1.165, 1.54) is 25.7 Å². The molecular weight excluding hydrogens is 306 g/mol. The quantitative estimate of drug-likeness (QED) is 0.836. The minimum Gasteiger partial charge on any atom is -0.478 e. The van der Waals surface area contributed by atoms with Crippen LogP contribution in [0.5, 0.6) is 0 Å². The fourth-order valence-corrected chi connectivity index (χ4v) is 3.27. The van der Waals surface area contributed by atoms with Crippen molar-refractivity contribution in [2.45, 2.75) is 39.0 Å². The highest BCUT2D eigenvalue weighted by atomic mass is 79.9. The molecule has 1 aromatic carbocycles. The van der Waals surface area contributed by atoms with E-state index in [1.807, 2.05) is 6.07 Å². The number of benzene rings is 1. The Morgan fingerprint density at radius 3 is 2.68 bits per heavy atom. The van der Waals surface area contributed by atoms with Crippen LogP contribution in [0.3, 0.4) is 0 Å². The van der Waals surface area contributed by atoms with Crippen LogP contribution in [0, 0.1) is 5.41 Å². The highest BCUT2D eigenvalue weighted by Crippen LogP contribution is 2.41. The first-order valence-electron chi connectivity index (χ1n) is 6.83. The summed E-state index contributed by atoms with van der Waals surface area (Å²) in [6.07, 6.45) is 6.22. The topological polar surface area (TPSA) is 49.3 Å². The zero-order valence-electron chi connectivity index (χ0n) is 11.2. The number of carboxylic acid groups (broad SMARTS) is 1. The van der Waals surface area contributed by atoms with E-state index < -0.39 is 5.97 Å². The fourth-order valence-electron chi connectivity index (χ4n) is 2.91. The molecule has 4 heteroatoms. The molecule has 0 radical (unpaired) electrons. The molecule has 1 aromatic rings. The maximum Gasteiger partial charge on any atom is 0.337 e. The van der Waals surface area contributed by atoms with Crippen molar-refractivity contribution in [3.8, 4) is 0 Å². The molecule has 1 aliphatic carbocycles. The molecule has 2 N–H and O–H groups in total. The predicted molar refractivity (Wildman–Crippen MR) is 80.8 cm³/mol. The van der Waals surface area contributed by atoms with E-state index in [0.717, 1.165) is 17.4 Å². The van der Waals surface area contributed by atoms with Gasteiger partial charge < -0.3 is 10.4 Å². The SMILES string of the molecule is CCC1(CNc2cc(Br)ccc2C(=O)O)CCCC1. The van der Waals surface area contributed by atoms with Crippen LogP contribution in [0.1, 0.15) is 49.4 Å². The lowest BCUT2D eigenvalue weighted by Gasteiger charge is -2.28. The average Bonchev–Trinajstić information content (AvgIpc) is 2.85. The molecule has 0 heterocycles. The van der Waals surface area contributed by atoms with Crippen molar-refractivity contribution >= 4 is 27.6 Å². The summed E-state index contributed by atoms with van der Waals surface area (Å²) in [5.74, 6) is -0.882. The highest BCUT2D eigenvalue weighted by Gasteiger charge is 2.31. The monoisotopic (exact) mass is 325 g/mol. The van der Waals surface area contributed by atoms with Crippen LogP contribution in [0.2, 0.25) is 0 Å². The second-order valence-corrected chi connectivity index (χ2v) is 6.32. The number of carboxylic acids is 1. The lowest BCUT2D eigenvalue weighted by Crippen LogP contribution is -2.26. The minimum atomic E-state index is -0.882. The highest BCUT2D eigenvalue weighted by molar-refractivity contribution is 9.10. The van der Waals surface area contributed by atoms with Crippen LogP contribution < -0.4 is 5.32 Å². The van der Waals surface area contributed by atoms with Gasteiger partial charge in [0.1, 0.15) is 0 Å². The molecule has 1 saturated carbocycles. The van der Waals surface area contributed by atoms with E-state index in [1.54, 1.807) is 12.1 Å². The van der Waals surface area contributed by atoms with Gasteiger partial charge in [-0.1, -0.05) is 35.7 Å². The molecule has 0 spiro atoms. The fraction of sp³-hybridized carbons (Fsp3) is 0.533. The van der Waals surface area contributed by atoms with Gasteiger partial charge in [-0.05, 0) is 42.9 Å². The zero-order valence-corrected chi connectivity index (χ0v) is 12.8. The maximum absolute atomic E-state index is 11.2. The lowest BCUT2D eigenvalue weighted by molar-refractivity contribution is 0.0698. The van der Waals surface area contributed by atoms with Crippen molar-refractivity contribution < 1.29 is 9.90 Å². The van der Waals surface area contributed by atoms with Gasteiger partial charge in [0.25, 0.3) is 0 Å². The van der Waals surface area contributed by atoms with Crippen molar-refractivity contribution in [3.05, 3.63) is 28.2 Å². The molecule has 0 saturated heterocycles. The Balaban J connectivity index is 2.14. The number of aromatic carboxylic acids is 1. The number of nitrogens with one attached hydrogen (secondary N) is 1. The van der Waals surface area contributed by atoms with Gasteiger partial charge in [0.05, 0.1) is 5.56 Å². The molecule has 1 aliphatic rings.